The maximum absolute atomic E-state index is 8.94. The Morgan fingerprint density at radius 2 is 1.88 bits per heavy atom. The molecule has 3 nitrogen and oxygen atoms in total. The quantitative estimate of drug-likeness (QED) is 0.894. The van der Waals surface area contributed by atoms with Crippen molar-refractivity contribution in [1.29, 1.82) is 0 Å². The summed E-state index contributed by atoms with van der Waals surface area (Å²) in [5.41, 5.74) is 1.53. The Kier molecular flexibility index (Phi) is 3.84. The number of nitrogens with zero attached hydrogens (tertiary/aromatic N) is 1. The van der Waals surface area contributed by atoms with Gasteiger partial charge in [0.1, 0.15) is 5.82 Å². The van der Waals surface area contributed by atoms with Crippen LogP contribution in [0, 0.1) is 0 Å². The van der Waals surface area contributed by atoms with Crippen LogP contribution in [0.1, 0.15) is 5.56 Å². The molecule has 0 bridgehead atoms. The van der Waals surface area contributed by atoms with Crippen molar-refractivity contribution in [2.75, 3.05) is 5.32 Å². The van der Waals surface area contributed by atoms with Crippen molar-refractivity contribution < 1.29 is 5.11 Å². The molecule has 1 aromatic carbocycles. The number of aromatic nitrogens is 1. The molecule has 0 aliphatic rings. The number of anilines is 2. The van der Waals surface area contributed by atoms with Crippen molar-refractivity contribution >= 4 is 34.7 Å². The predicted molar refractivity (Wildman–Crippen MR) is 69.9 cm³/mol. The molecule has 0 saturated heterocycles. The third-order valence-corrected chi connectivity index (χ3v) is 2.73. The molecule has 5 heteroatoms. The minimum Gasteiger partial charge on any atom is -0.392 e. The third kappa shape index (κ3) is 3.09. The Morgan fingerprint density at radius 1 is 1.18 bits per heavy atom. The summed E-state index contributed by atoms with van der Waals surface area (Å²) in [5.74, 6) is 0.547. The molecule has 0 unspecified atom stereocenters. The Bertz CT molecular complexity index is 514. The lowest BCUT2D eigenvalue weighted by atomic mass is 10.3. The van der Waals surface area contributed by atoms with Gasteiger partial charge in [0.05, 0.1) is 11.6 Å². The lowest BCUT2D eigenvalue weighted by Gasteiger charge is -2.08. The van der Waals surface area contributed by atoms with Gasteiger partial charge >= 0.3 is 0 Å². The number of benzene rings is 1. The molecule has 2 rings (SSSR count). The van der Waals surface area contributed by atoms with E-state index in [1.165, 1.54) is 0 Å². The van der Waals surface area contributed by atoms with E-state index in [0.29, 0.717) is 21.4 Å². The molecule has 2 aromatic rings. The molecular formula is C12H10Cl2N2O. The first-order chi connectivity index (χ1) is 8.19. The van der Waals surface area contributed by atoms with Gasteiger partial charge in [0.25, 0.3) is 0 Å². The second-order valence-electron chi connectivity index (χ2n) is 3.46. The van der Waals surface area contributed by atoms with Crippen molar-refractivity contribution in [1.82, 2.24) is 4.98 Å². The molecule has 0 fully saturated rings. The van der Waals surface area contributed by atoms with E-state index in [9.17, 15) is 0 Å². The average molecular weight is 269 g/mol. The van der Waals surface area contributed by atoms with Crippen LogP contribution in [0.25, 0.3) is 0 Å². The van der Waals surface area contributed by atoms with Gasteiger partial charge in [0, 0.05) is 16.9 Å². The molecule has 0 saturated carbocycles. The van der Waals surface area contributed by atoms with Gasteiger partial charge in [-0.05, 0) is 35.9 Å². The van der Waals surface area contributed by atoms with Crippen LogP contribution in [0.3, 0.4) is 0 Å². The van der Waals surface area contributed by atoms with Gasteiger partial charge in [-0.2, -0.15) is 0 Å². The summed E-state index contributed by atoms with van der Waals surface area (Å²) in [5, 5.41) is 13.1. The standard InChI is InChI=1S/C12H10Cl2N2O/c13-9-1-3-10(4-2-9)16-12-11(14)5-8(7-17)6-15-12/h1-6,17H,7H2,(H,15,16). The molecule has 0 aliphatic heterocycles. The van der Waals surface area contributed by atoms with Crippen LogP contribution in [-0.4, -0.2) is 10.1 Å². The average Bonchev–Trinajstić information content (AvgIpc) is 2.34. The smallest absolute Gasteiger partial charge is 0.149 e. The van der Waals surface area contributed by atoms with Crippen LogP contribution in [0.4, 0.5) is 11.5 Å². The SMILES string of the molecule is OCc1cnc(Nc2ccc(Cl)cc2)c(Cl)c1. The van der Waals surface area contributed by atoms with Crippen LogP contribution in [0.15, 0.2) is 36.5 Å². The second-order valence-corrected chi connectivity index (χ2v) is 4.31. The summed E-state index contributed by atoms with van der Waals surface area (Å²) in [7, 11) is 0. The van der Waals surface area contributed by atoms with E-state index in [4.69, 9.17) is 28.3 Å². The van der Waals surface area contributed by atoms with E-state index in [1.807, 2.05) is 12.1 Å². The minimum atomic E-state index is -0.0755. The van der Waals surface area contributed by atoms with Crippen LogP contribution < -0.4 is 5.32 Å². The van der Waals surface area contributed by atoms with Crippen molar-refractivity contribution in [3.63, 3.8) is 0 Å². The van der Waals surface area contributed by atoms with Crippen LogP contribution >= 0.6 is 23.2 Å². The summed E-state index contributed by atoms with van der Waals surface area (Å²) in [6, 6.07) is 8.90. The number of aliphatic hydroxyl groups is 1. The van der Waals surface area contributed by atoms with Gasteiger partial charge in [0.15, 0.2) is 0 Å². The molecule has 0 amide bonds. The first-order valence-corrected chi connectivity index (χ1v) is 5.72. The first-order valence-electron chi connectivity index (χ1n) is 4.97. The summed E-state index contributed by atoms with van der Waals surface area (Å²) < 4.78 is 0. The Labute approximate surface area is 109 Å². The number of hydrogen-bond acceptors (Lipinski definition) is 3. The zero-order chi connectivity index (χ0) is 12.3. The predicted octanol–water partition coefficient (Wildman–Crippen LogP) is 3.62. The molecule has 2 N–H and O–H groups in total. The molecule has 0 atom stereocenters. The number of hydrogen-bond donors (Lipinski definition) is 2. The summed E-state index contributed by atoms with van der Waals surface area (Å²) in [4.78, 5) is 4.13. The topological polar surface area (TPSA) is 45.2 Å². The number of halogens is 2. The molecule has 88 valence electrons. The highest BCUT2D eigenvalue weighted by molar-refractivity contribution is 6.33. The first kappa shape index (κ1) is 12.2. The van der Waals surface area contributed by atoms with Gasteiger partial charge < -0.3 is 10.4 Å². The lowest BCUT2D eigenvalue weighted by molar-refractivity contribution is 0.281. The van der Waals surface area contributed by atoms with Gasteiger partial charge in [-0.15, -0.1) is 0 Å². The van der Waals surface area contributed by atoms with Gasteiger partial charge in [-0.1, -0.05) is 23.2 Å². The highest BCUT2D eigenvalue weighted by Gasteiger charge is 2.03. The normalized spacial score (nSPS) is 10.3. The van der Waals surface area contributed by atoms with Crippen molar-refractivity contribution in [3.8, 4) is 0 Å². The van der Waals surface area contributed by atoms with Crippen molar-refractivity contribution in [2.24, 2.45) is 0 Å². The monoisotopic (exact) mass is 268 g/mol. The Morgan fingerprint density at radius 3 is 2.47 bits per heavy atom. The molecule has 1 aromatic heterocycles. The zero-order valence-electron chi connectivity index (χ0n) is 8.82. The van der Waals surface area contributed by atoms with Gasteiger partial charge in [0.2, 0.25) is 0 Å². The van der Waals surface area contributed by atoms with Crippen LogP contribution in [0.2, 0.25) is 10.0 Å². The molecule has 17 heavy (non-hydrogen) atoms. The van der Waals surface area contributed by atoms with Gasteiger partial charge in [-0.3, -0.25) is 0 Å². The number of nitrogens with one attached hydrogen (secondary N) is 1. The summed E-state index contributed by atoms with van der Waals surface area (Å²) >= 11 is 11.8. The highest BCUT2D eigenvalue weighted by atomic mass is 35.5. The number of rotatable bonds is 3. The van der Waals surface area contributed by atoms with E-state index in [-0.39, 0.29) is 6.61 Å². The summed E-state index contributed by atoms with van der Waals surface area (Å²) in [6.07, 6.45) is 1.57. The molecular weight excluding hydrogens is 259 g/mol. The maximum atomic E-state index is 8.94. The lowest BCUT2D eigenvalue weighted by Crippen LogP contribution is -1.96. The number of aliphatic hydroxyl groups excluding tert-OH is 1. The summed E-state index contributed by atoms with van der Waals surface area (Å²) in [6.45, 7) is -0.0755. The van der Waals surface area contributed by atoms with E-state index < -0.39 is 0 Å². The molecule has 1 heterocycles. The van der Waals surface area contributed by atoms with E-state index in [2.05, 4.69) is 10.3 Å². The van der Waals surface area contributed by atoms with E-state index in [1.54, 1.807) is 24.4 Å². The molecule has 0 radical (unpaired) electrons. The van der Waals surface area contributed by atoms with Gasteiger partial charge in [-0.25, -0.2) is 4.98 Å². The fourth-order valence-electron chi connectivity index (χ4n) is 1.33. The zero-order valence-corrected chi connectivity index (χ0v) is 10.3. The van der Waals surface area contributed by atoms with E-state index >= 15 is 0 Å². The number of pyridine rings is 1. The molecule has 0 spiro atoms. The second kappa shape index (κ2) is 5.36. The third-order valence-electron chi connectivity index (χ3n) is 2.19. The van der Waals surface area contributed by atoms with Crippen LogP contribution in [0.5, 0.6) is 0 Å². The van der Waals surface area contributed by atoms with E-state index in [0.717, 1.165) is 5.69 Å². The van der Waals surface area contributed by atoms with Crippen molar-refractivity contribution in [2.45, 2.75) is 6.61 Å². The fourth-order valence-corrected chi connectivity index (χ4v) is 1.69. The minimum absolute atomic E-state index is 0.0755. The maximum Gasteiger partial charge on any atom is 0.149 e. The fraction of sp³-hybridized carbons (Fsp3) is 0.0833. The van der Waals surface area contributed by atoms with Crippen molar-refractivity contribution in [3.05, 3.63) is 52.1 Å². The highest BCUT2D eigenvalue weighted by Crippen LogP contribution is 2.24. The Balaban J connectivity index is 2.21. The molecule has 0 aliphatic carbocycles. The Hall–Kier alpha value is -1.29. The largest absolute Gasteiger partial charge is 0.392 e. The van der Waals surface area contributed by atoms with Crippen LogP contribution in [-0.2, 0) is 6.61 Å².